The summed E-state index contributed by atoms with van der Waals surface area (Å²) < 4.78 is 4.59. The predicted molar refractivity (Wildman–Crippen MR) is 208 cm³/mol. The second kappa shape index (κ2) is 10.6. The lowest BCUT2D eigenvalue weighted by Gasteiger charge is -2.24. The van der Waals surface area contributed by atoms with Crippen LogP contribution in [0.4, 0.5) is 0 Å². The van der Waals surface area contributed by atoms with Crippen LogP contribution in [-0.2, 0) is 5.41 Å². The Balaban J connectivity index is 1.25. The molecule has 0 saturated heterocycles. The van der Waals surface area contributed by atoms with Crippen LogP contribution in [0.2, 0.25) is 0 Å². The summed E-state index contributed by atoms with van der Waals surface area (Å²) >= 11 is 0. The van der Waals surface area contributed by atoms with Crippen LogP contribution in [0.5, 0.6) is 0 Å². The maximum atomic E-state index is 10.4. The van der Waals surface area contributed by atoms with Gasteiger partial charge in [-0.2, -0.15) is 10.5 Å². The lowest BCUT2D eigenvalue weighted by molar-refractivity contribution is 0.664. The highest BCUT2D eigenvalue weighted by atomic mass is 15.0. The van der Waals surface area contributed by atoms with Gasteiger partial charge in [0.15, 0.2) is 0 Å². The molecule has 1 aliphatic rings. The quantitative estimate of drug-likeness (QED) is 0.191. The van der Waals surface area contributed by atoms with Gasteiger partial charge in [0.2, 0.25) is 0 Å². The van der Waals surface area contributed by atoms with Crippen LogP contribution in [0.3, 0.4) is 0 Å². The van der Waals surface area contributed by atoms with Gasteiger partial charge in [-0.15, -0.1) is 0 Å². The van der Waals surface area contributed by atoms with Crippen molar-refractivity contribution in [3.63, 3.8) is 0 Å². The van der Waals surface area contributed by atoms with Crippen molar-refractivity contribution >= 4 is 43.6 Å². The number of hydrogen-bond acceptors (Lipinski definition) is 2. The average molecular weight is 651 g/mol. The van der Waals surface area contributed by atoms with Gasteiger partial charge in [0.05, 0.1) is 45.3 Å². The molecule has 51 heavy (non-hydrogen) atoms. The minimum Gasteiger partial charge on any atom is -0.309 e. The molecule has 4 heteroatoms. The maximum absolute atomic E-state index is 10.4. The summed E-state index contributed by atoms with van der Waals surface area (Å²) in [5, 5.41) is 25.4. The molecule has 7 aromatic carbocycles. The molecule has 0 atom stereocenters. The molecule has 0 N–H and O–H groups in total. The van der Waals surface area contributed by atoms with Crippen molar-refractivity contribution in [1.29, 1.82) is 10.5 Å². The normalized spacial score (nSPS) is 13.0. The van der Waals surface area contributed by atoms with Crippen molar-refractivity contribution in [3.8, 4) is 45.8 Å². The highest BCUT2D eigenvalue weighted by Gasteiger charge is 2.38. The molecular weight excluding hydrogens is 621 g/mol. The second-order valence-corrected chi connectivity index (χ2v) is 14.0. The van der Waals surface area contributed by atoms with Crippen LogP contribution < -0.4 is 0 Å². The van der Waals surface area contributed by atoms with Crippen molar-refractivity contribution in [2.45, 2.75) is 19.3 Å². The largest absolute Gasteiger partial charge is 0.309 e. The molecule has 0 saturated carbocycles. The van der Waals surface area contributed by atoms with Crippen molar-refractivity contribution in [3.05, 3.63) is 168 Å². The number of nitriles is 2. The Hall–Kier alpha value is -6.88. The van der Waals surface area contributed by atoms with E-state index >= 15 is 0 Å². The van der Waals surface area contributed by atoms with Crippen LogP contribution in [0, 0.1) is 22.7 Å². The van der Waals surface area contributed by atoms with Crippen LogP contribution >= 0.6 is 0 Å². The molecular formula is C47H30N4. The van der Waals surface area contributed by atoms with Crippen LogP contribution in [-0.4, -0.2) is 9.13 Å². The molecule has 2 aromatic heterocycles. The molecule has 0 unspecified atom stereocenters. The zero-order chi connectivity index (χ0) is 34.4. The monoisotopic (exact) mass is 650 g/mol. The van der Waals surface area contributed by atoms with Gasteiger partial charge in [-0.3, -0.25) is 0 Å². The Morgan fingerprint density at radius 1 is 0.471 bits per heavy atom. The van der Waals surface area contributed by atoms with E-state index in [1.165, 1.54) is 33.0 Å². The van der Waals surface area contributed by atoms with Crippen LogP contribution in [0.15, 0.2) is 146 Å². The third kappa shape index (κ3) is 4.05. The summed E-state index contributed by atoms with van der Waals surface area (Å²) in [5.41, 5.74) is 14.0. The molecule has 10 rings (SSSR count). The zero-order valence-corrected chi connectivity index (χ0v) is 28.1. The Labute approximate surface area is 295 Å². The fourth-order valence-corrected chi connectivity index (χ4v) is 8.72. The fraction of sp³-hybridized carbons (Fsp3) is 0.0638. The van der Waals surface area contributed by atoms with Crippen molar-refractivity contribution in [2.75, 3.05) is 0 Å². The van der Waals surface area contributed by atoms with E-state index in [1.807, 2.05) is 24.3 Å². The average Bonchev–Trinajstić information content (AvgIpc) is 3.78. The molecule has 0 bridgehead atoms. The second-order valence-electron chi connectivity index (χ2n) is 14.0. The number of fused-ring (bicyclic) bond motifs is 10. The van der Waals surface area contributed by atoms with Crippen LogP contribution in [0.25, 0.3) is 77.2 Å². The molecule has 4 nitrogen and oxygen atoms in total. The lowest BCUT2D eigenvalue weighted by atomic mass is 9.81. The summed E-state index contributed by atoms with van der Waals surface area (Å²) in [5.74, 6) is 0. The van der Waals surface area contributed by atoms with Crippen molar-refractivity contribution in [2.24, 2.45) is 0 Å². The van der Waals surface area contributed by atoms with Gasteiger partial charge in [-0.05, 0) is 88.0 Å². The smallest absolute Gasteiger partial charge is 0.0992 e. The van der Waals surface area contributed by atoms with Crippen molar-refractivity contribution in [1.82, 2.24) is 9.13 Å². The molecule has 9 aromatic rings. The van der Waals surface area contributed by atoms with E-state index in [2.05, 4.69) is 156 Å². The first-order valence-corrected chi connectivity index (χ1v) is 17.2. The SMILES string of the molecule is CC1(C)c2ccccc2-c2ccc3c4ccccc4n(-c4cc(C#N)cc(-c5cc(C#N)cc(-n6c7ccccc7c7ccccc76)c5)c4)c3c21. The third-order valence-corrected chi connectivity index (χ3v) is 10.9. The van der Waals surface area contributed by atoms with Crippen molar-refractivity contribution < 1.29 is 0 Å². The van der Waals surface area contributed by atoms with Gasteiger partial charge in [-0.1, -0.05) is 105 Å². The van der Waals surface area contributed by atoms with E-state index in [-0.39, 0.29) is 5.41 Å². The summed E-state index contributed by atoms with van der Waals surface area (Å²) in [7, 11) is 0. The highest BCUT2D eigenvalue weighted by Crippen LogP contribution is 2.53. The maximum Gasteiger partial charge on any atom is 0.0992 e. The Bertz CT molecular complexity index is 2980. The van der Waals surface area contributed by atoms with Gasteiger partial charge in [0.25, 0.3) is 0 Å². The molecule has 238 valence electrons. The zero-order valence-electron chi connectivity index (χ0n) is 28.1. The molecule has 0 spiro atoms. The van der Waals surface area contributed by atoms with E-state index in [4.69, 9.17) is 0 Å². The van der Waals surface area contributed by atoms with Gasteiger partial charge in [0.1, 0.15) is 0 Å². The molecule has 1 aliphatic carbocycles. The Morgan fingerprint density at radius 2 is 0.961 bits per heavy atom. The molecule has 2 heterocycles. The van der Waals surface area contributed by atoms with E-state index in [9.17, 15) is 10.5 Å². The van der Waals surface area contributed by atoms with E-state index in [1.54, 1.807) is 0 Å². The number of nitrogens with zero attached hydrogens (tertiary/aromatic N) is 4. The molecule has 0 radical (unpaired) electrons. The van der Waals surface area contributed by atoms with E-state index in [0.29, 0.717) is 11.1 Å². The summed E-state index contributed by atoms with van der Waals surface area (Å²) in [6.45, 7) is 4.64. The van der Waals surface area contributed by atoms with E-state index < -0.39 is 0 Å². The molecule has 0 aliphatic heterocycles. The number of para-hydroxylation sites is 3. The summed E-state index contributed by atoms with van der Waals surface area (Å²) in [6.07, 6.45) is 0. The summed E-state index contributed by atoms with van der Waals surface area (Å²) in [6, 6.07) is 55.6. The first-order valence-electron chi connectivity index (χ1n) is 17.2. The fourth-order valence-electron chi connectivity index (χ4n) is 8.72. The van der Waals surface area contributed by atoms with E-state index in [0.717, 1.165) is 55.3 Å². The first kappa shape index (κ1) is 29.1. The third-order valence-electron chi connectivity index (χ3n) is 10.9. The Kier molecular flexibility index (Phi) is 6.02. The van der Waals surface area contributed by atoms with Crippen LogP contribution in [0.1, 0.15) is 36.1 Å². The standard InChI is InChI=1S/C47H30N4/c1-47(2)41-15-7-3-11-35(41)39-19-20-40-38-14-6-10-18-44(38)51(46(40)45(39)47)34-24-30(28-49)22-32(26-34)31-21-29(27-48)23-33(25-31)50-42-16-8-4-12-36(42)37-13-5-9-17-43(37)50/h3-26H,1-2H3. The first-order chi connectivity index (χ1) is 25.0. The number of aromatic nitrogens is 2. The number of rotatable bonds is 3. The predicted octanol–water partition coefficient (Wildman–Crippen LogP) is 11.6. The number of hydrogen-bond donors (Lipinski definition) is 0. The lowest BCUT2D eigenvalue weighted by Crippen LogP contribution is -2.16. The topological polar surface area (TPSA) is 57.4 Å². The summed E-state index contributed by atoms with van der Waals surface area (Å²) in [4.78, 5) is 0. The number of benzene rings is 7. The highest BCUT2D eigenvalue weighted by molar-refractivity contribution is 6.13. The van der Waals surface area contributed by atoms with Gasteiger partial charge >= 0.3 is 0 Å². The van der Waals surface area contributed by atoms with Gasteiger partial charge in [0, 0.05) is 38.3 Å². The van der Waals surface area contributed by atoms with Gasteiger partial charge < -0.3 is 9.13 Å². The minimum absolute atomic E-state index is 0.231. The molecule has 0 amide bonds. The van der Waals surface area contributed by atoms with Gasteiger partial charge in [-0.25, -0.2) is 0 Å². The minimum atomic E-state index is -0.231. The Morgan fingerprint density at radius 3 is 1.55 bits per heavy atom. The molecule has 0 fully saturated rings.